The number of hydrogen-bond donors (Lipinski definition) is 1. The van der Waals surface area contributed by atoms with E-state index in [2.05, 4.69) is 10.4 Å². The predicted molar refractivity (Wildman–Crippen MR) is 81.8 cm³/mol. The fraction of sp³-hybridized carbons (Fsp3) is 0.200. The Labute approximate surface area is 127 Å². The molecule has 0 aliphatic rings. The normalized spacial score (nSPS) is 11.1. The molecule has 0 radical (unpaired) electrons. The molecule has 2 rings (SSSR count). The van der Waals surface area contributed by atoms with E-state index in [1.54, 1.807) is 10.8 Å². The van der Waals surface area contributed by atoms with Crippen LogP contribution in [0.2, 0.25) is 5.02 Å². The molecule has 1 N–H and O–H groups in total. The quantitative estimate of drug-likeness (QED) is 0.882. The van der Waals surface area contributed by atoms with Crippen molar-refractivity contribution in [3.63, 3.8) is 0 Å². The maximum atomic E-state index is 13.0. The summed E-state index contributed by atoms with van der Waals surface area (Å²) in [6.07, 6.45) is 3.12. The van der Waals surface area contributed by atoms with Crippen LogP contribution in [0, 0.1) is 19.7 Å². The van der Waals surface area contributed by atoms with Crippen molar-refractivity contribution in [2.45, 2.75) is 13.8 Å². The Bertz CT molecular complexity index is 722. The Morgan fingerprint density at radius 2 is 2.14 bits per heavy atom. The lowest BCUT2D eigenvalue weighted by atomic mass is 10.2. The fourth-order valence-corrected chi connectivity index (χ4v) is 2.13. The van der Waals surface area contributed by atoms with Gasteiger partial charge in [0.05, 0.1) is 10.7 Å². The first-order valence-corrected chi connectivity index (χ1v) is 6.70. The number of amides is 1. The third kappa shape index (κ3) is 3.49. The van der Waals surface area contributed by atoms with Gasteiger partial charge in [0.25, 0.3) is 0 Å². The molecule has 0 atom stereocenters. The van der Waals surface area contributed by atoms with Crippen LogP contribution in [0.15, 0.2) is 24.3 Å². The lowest BCUT2D eigenvalue weighted by Gasteiger charge is -2.03. The molecule has 2 aromatic rings. The minimum Gasteiger partial charge on any atom is -0.322 e. The Morgan fingerprint density at radius 1 is 1.43 bits per heavy atom. The molecule has 0 aliphatic carbocycles. The maximum absolute atomic E-state index is 13.0. The van der Waals surface area contributed by atoms with E-state index in [1.807, 2.05) is 20.9 Å². The van der Waals surface area contributed by atoms with Gasteiger partial charge in [0.1, 0.15) is 5.82 Å². The highest BCUT2D eigenvalue weighted by atomic mass is 35.5. The number of benzene rings is 1. The average molecular weight is 308 g/mol. The summed E-state index contributed by atoms with van der Waals surface area (Å²) in [5.41, 5.74) is 3.17. The Hall–Kier alpha value is -2.14. The van der Waals surface area contributed by atoms with Crippen LogP contribution < -0.4 is 5.32 Å². The molecular formula is C15H15ClFN3O. The second kappa shape index (κ2) is 6.10. The molecule has 0 bridgehead atoms. The van der Waals surface area contributed by atoms with Gasteiger partial charge in [-0.05, 0) is 38.1 Å². The molecule has 0 saturated heterocycles. The Balaban J connectivity index is 2.11. The first kappa shape index (κ1) is 15.3. The van der Waals surface area contributed by atoms with Gasteiger partial charge in [-0.1, -0.05) is 11.6 Å². The highest BCUT2D eigenvalue weighted by Gasteiger charge is 2.07. The van der Waals surface area contributed by atoms with Gasteiger partial charge in [-0.25, -0.2) is 4.39 Å². The zero-order valence-corrected chi connectivity index (χ0v) is 12.7. The highest BCUT2D eigenvalue weighted by molar-refractivity contribution is 6.31. The number of nitrogens with zero attached hydrogens (tertiary/aromatic N) is 2. The molecule has 0 saturated carbocycles. The summed E-state index contributed by atoms with van der Waals surface area (Å²) < 4.78 is 14.8. The molecule has 1 aromatic carbocycles. The number of aromatic nitrogens is 2. The van der Waals surface area contributed by atoms with E-state index < -0.39 is 5.82 Å². The average Bonchev–Trinajstić information content (AvgIpc) is 2.66. The van der Waals surface area contributed by atoms with Crippen LogP contribution in [0.25, 0.3) is 6.08 Å². The SMILES string of the molecule is Cc1nn(C)c(C)c1C=CC(=O)Nc1ccc(F)c(Cl)c1. The van der Waals surface area contributed by atoms with Crippen molar-refractivity contribution in [2.24, 2.45) is 7.05 Å². The maximum Gasteiger partial charge on any atom is 0.248 e. The smallest absolute Gasteiger partial charge is 0.248 e. The molecule has 110 valence electrons. The van der Waals surface area contributed by atoms with Crippen molar-refractivity contribution in [2.75, 3.05) is 5.32 Å². The minimum absolute atomic E-state index is 0.0317. The van der Waals surface area contributed by atoms with Crippen LogP contribution >= 0.6 is 11.6 Å². The first-order chi connectivity index (χ1) is 9.88. The van der Waals surface area contributed by atoms with E-state index in [-0.39, 0.29) is 10.9 Å². The molecular weight excluding hydrogens is 293 g/mol. The van der Waals surface area contributed by atoms with Crippen molar-refractivity contribution < 1.29 is 9.18 Å². The summed E-state index contributed by atoms with van der Waals surface area (Å²) in [6, 6.07) is 4.02. The van der Waals surface area contributed by atoms with Crippen molar-refractivity contribution in [3.05, 3.63) is 52.1 Å². The van der Waals surface area contributed by atoms with Crippen molar-refractivity contribution >= 4 is 29.3 Å². The Kier molecular flexibility index (Phi) is 4.43. The second-order valence-corrected chi connectivity index (χ2v) is 5.07. The first-order valence-electron chi connectivity index (χ1n) is 6.33. The topological polar surface area (TPSA) is 46.9 Å². The molecule has 1 heterocycles. The van der Waals surface area contributed by atoms with Gasteiger partial charge in [-0.15, -0.1) is 0 Å². The van der Waals surface area contributed by atoms with Crippen LogP contribution in [0.3, 0.4) is 0 Å². The van der Waals surface area contributed by atoms with Crippen LogP contribution in [-0.4, -0.2) is 15.7 Å². The number of aryl methyl sites for hydroxylation is 2. The van der Waals surface area contributed by atoms with E-state index in [9.17, 15) is 9.18 Å². The lowest BCUT2D eigenvalue weighted by molar-refractivity contribution is -0.111. The number of rotatable bonds is 3. The minimum atomic E-state index is -0.521. The van der Waals surface area contributed by atoms with Gasteiger partial charge in [-0.2, -0.15) is 5.10 Å². The third-order valence-corrected chi connectivity index (χ3v) is 3.44. The number of anilines is 1. The number of hydrogen-bond acceptors (Lipinski definition) is 2. The van der Waals surface area contributed by atoms with Crippen LogP contribution in [-0.2, 0) is 11.8 Å². The molecule has 0 aliphatic heterocycles. The summed E-state index contributed by atoms with van der Waals surface area (Å²) in [4.78, 5) is 11.8. The predicted octanol–water partition coefficient (Wildman–Crippen LogP) is 3.48. The summed E-state index contributed by atoms with van der Waals surface area (Å²) in [5.74, 6) is -0.841. The van der Waals surface area contributed by atoms with Gasteiger partial charge in [0.15, 0.2) is 0 Å². The second-order valence-electron chi connectivity index (χ2n) is 4.66. The van der Waals surface area contributed by atoms with E-state index in [0.717, 1.165) is 17.0 Å². The van der Waals surface area contributed by atoms with Gasteiger partial charge >= 0.3 is 0 Å². The molecule has 0 unspecified atom stereocenters. The van der Waals surface area contributed by atoms with Crippen LogP contribution in [0.1, 0.15) is 17.0 Å². The number of carbonyl (C=O) groups is 1. The van der Waals surface area contributed by atoms with Gasteiger partial charge in [-0.3, -0.25) is 9.48 Å². The summed E-state index contributed by atoms with van der Waals surface area (Å²) in [5, 5.41) is 6.86. The van der Waals surface area contributed by atoms with Crippen LogP contribution in [0.4, 0.5) is 10.1 Å². The van der Waals surface area contributed by atoms with E-state index in [1.165, 1.54) is 24.3 Å². The van der Waals surface area contributed by atoms with Crippen molar-refractivity contribution in [3.8, 4) is 0 Å². The van der Waals surface area contributed by atoms with Gasteiger partial charge < -0.3 is 5.32 Å². The summed E-state index contributed by atoms with van der Waals surface area (Å²) in [6.45, 7) is 3.81. The zero-order valence-electron chi connectivity index (χ0n) is 11.9. The molecule has 21 heavy (non-hydrogen) atoms. The summed E-state index contributed by atoms with van der Waals surface area (Å²) >= 11 is 5.66. The lowest BCUT2D eigenvalue weighted by Crippen LogP contribution is -2.07. The number of nitrogens with one attached hydrogen (secondary N) is 1. The molecule has 6 heteroatoms. The van der Waals surface area contributed by atoms with E-state index in [0.29, 0.717) is 5.69 Å². The van der Waals surface area contributed by atoms with Crippen LogP contribution in [0.5, 0.6) is 0 Å². The highest BCUT2D eigenvalue weighted by Crippen LogP contribution is 2.19. The van der Waals surface area contributed by atoms with Crippen molar-refractivity contribution in [1.29, 1.82) is 0 Å². The van der Waals surface area contributed by atoms with Gasteiger partial charge in [0, 0.05) is 30.1 Å². The number of carbonyl (C=O) groups excluding carboxylic acids is 1. The molecule has 0 spiro atoms. The molecule has 1 aromatic heterocycles. The number of halogens is 2. The zero-order chi connectivity index (χ0) is 15.6. The Morgan fingerprint density at radius 3 is 2.71 bits per heavy atom. The molecule has 0 fully saturated rings. The monoisotopic (exact) mass is 307 g/mol. The molecule has 1 amide bonds. The largest absolute Gasteiger partial charge is 0.322 e. The van der Waals surface area contributed by atoms with Gasteiger partial charge in [0.2, 0.25) is 5.91 Å². The fourth-order valence-electron chi connectivity index (χ4n) is 1.95. The molecule has 4 nitrogen and oxygen atoms in total. The van der Waals surface area contributed by atoms with E-state index >= 15 is 0 Å². The standard InChI is InChI=1S/C15H15ClFN3O/c1-9-12(10(2)20(3)19-9)5-7-15(21)18-11-4-6-14(17)13(16)8-11/h4-8H,1-3H3,(H,18,21). The summed E-state index contributed by atoms with van der Waals surface area (Å²) in [7, 11) is 1.85. The van der Waals surface area contributed by atoms with E-state index in [4.69, 9.17) is 11.6 Å². The third-order valence-electron chi connectivity index (χ3n) is 3.15. The van der Waals surface area contributed by atoms with Crippen molar-refractivity contribution in [1.82, 2.24) is 9.78 Å².